The Kier molecular flexibility index (Phi) is 6.75. The van der Waals surface area contributed by atoms with Crippen molar-refractivity contribution in [1.29, 1.82) is 0 Å². The molecule has 1 unspecified atom stereocenters. The topological polar surface area (TPSA) is 60.3 Å². The molecule has 0 amide bonds. The lowest BCUT2D eigenvalue weighted by Crippen LogP contribution is -2.29. The molecule has 0 aliphatic carbocycles. The van der Waals surface area contributed by atoms with Gasteiger partial charge in [-0.05, 0) is 36.1 Å². The molecule has 0 aliphatic rings. The van der Waals surface area contributed by atoms with Crippen LogP contribution in [0.4, 0.5) is 0 Å². The van der Waals surface area contributed by atoms with Crippen LogP contribution < -0.4 is 10.9 Å². The number of carbonyl (C=O) groups excluding carboxylic acids is 1. The maximum absolute atomic E-state index is 11.7. The van der Waals surface area contributed by atoms with Crippen molar-refractivity contribution in [3.63, 3.8) is 0 Å². The minimum atomic E-state index is -0.264. The molecule has 0 aliphatic heterocycles. The van der Waals surface area contributed by atoms with Crippen molar-refractivity contribution in [3.8, 4) is 0 Å². The van der Waals surface area contributed by atoms with Crippen LogP contribution in [0.5, 0.6) is 0 Å². The van der Waals surface area contributed by atoms with Crippen LogP contribution >= 0.6 is 0 Å². The standard InChI is InChI=1S/C19H24N2O3/c1-15(10-17-8-9-21(2)18(22)11-17)12-20-13-19(23)24-14-16-6-4-3-5-7-16/h3-9,11,15,20H,10,12-14H2,1-2H3. The van der Waals surface area contributed by atoms with Crippen LogP contribution in [0.15, 0.2) is 53.5 Å². The largest absolute Gasteiger partial charge is 0.460 e. The first-order valence-corrected chi connectivity index (χ1v) is 8.10. The lowest BCUT2D eigenvalue weighted by molar-refractivity contribution is -0.143. The van der Waals surface area contributed by atoms with Gasteiger partial charge in [0.1, 0.15) is 6.61 Å². The normalized spacial score (nSPS) is 11.9. The molecule has 0 fully saturated rings. The Morgan fingerprint density at radius 1 is 1.21 bits per heavy atom. The van der Waals surface area contributed by atoms with Crippen molar-refractivity contribution in [1.82, 2.24) is 9.88 Å². The molecule has 2 aromatic rings. The molecule has 1 N–H and O–H groups in total. The number of aromatic nitrogens is 1. The molecule has 0 bridgehead atoms. The minimum absolute atomic E-state index is 0.00264. The van der Waals surface area contributed by atoms with Gasteiger partial charge >= 0.3 is 5.97 Å². The number of nitrogens with zero attached hydrogens (tertiary/aromatic N) is 1. The number of ether oxygens (including phenoxy) is 1. The summed E-state index contributed by atoms with van der Waals surface area (Å²) in [5.41, 5.74) is 1.99. The Hall–Kier alpha value is -2.40. The number of hydrogen-bond donors (Lipinski definition) is 1. The summed E-state index contributed by atoms with van der Waals surface area (Å²) < 4.78 is 6.76. The summed E-state index contributed by atoms with van der Waals surface area (Å²) in [5, 5.41) is 3.11. The molecular weight excluding hydrogens is 304 g/mol. The third-order valence-electron chi connectivity index (χ3n) is 3.76. The van der Waals surface area contributed by atoms with E-state index in [2.05, 4.69) is 12.2 Å². The second-order valence-corrected chi connectivity index (χ2v) is 6.07. The number of rotatable bonds is 8. The average molecular weight is 328 g/mol. The van der Waals surface area contributed by atoms with E-state index in [1.807, 2.05) is 36.4 Å². The van der Waals surface area contributed by atoms with Gasteiger partial charge in [0, 0.05) is 19.3 Å². The molecule has 2 rings (SSSR count). The molecule has 0 saturated heterocycles. The van der Waals surface area contributed by atoms with Crippen molar-refractivity contribution in [2.24, 2.45) is 13.0 Å². The van der Waals surface area contributed by atoms with Gasteiger partial charge in [-0.2, -0.15) is 0 Å². The van der Waals surface area contributed by atoms with Crippen LogP contribution in [0.25, 0.3) is 0 Å². The van der Waals surface area contributed by atoms with Crippen LogP contribution in [0.2, 0.25) is 0 Å². The molecule has 5 heteroatoms. The van der Waals surface area contributed by atoms with E-state index in [4.69, 9.17) is 4.74 Å². The van der Waals surface area contributed by atoms with E-state index in [0.717, 1.165) is 17.5 Å². The quantitative estimate of drug-likeness (QED) is 0.752. The zero-order valence-corrected chi connectivity index (χ0v) is 14.2. The maximum atomic E-state index is 11.7. The fraction of sp³-hybridized carbons (Fsp3) is 0.368. The highest BCUT2D eigenvalue weighted by atomic mass is 16.5. The lowest BCUT2D eigenvalue weighted by Gasteiger charge is -2.13. The monoisotopic (exact) mass is 328 g/mol. The van der Waals surface area contributed by atoms with Crippen LogP contribution in [-0.4, -0.2) is 23.6 Å². The average Bonchev–Trinajstić information content (AvgIpc) is 2.57. The Morgan fingerprint density at radius 2 is 1.96 bits per heavy atom. The van der Waals surface area contributed by atoms with Gasteiger partial charge in [0.2, 0.25) is 0 Å². The molecule has 5 nitrogen and oxygen atoms in total. The van der Waals surface area contributed by atoms with E-state index in [1.165, 1.54) is 0 Å². The second kappa shape index (κ2) is 9.03. The summed E-state index contributed by atoms with van der Waals surface area (Å²) in [6.45, 7) is 3.26. The van der Waals surface area contributed by atoms with Crippen LogP contribution in [0, 0.1) is 5.92 Å². The van der Waals surface area contributed by atoms with E-state index < -0.39 is 0 Å². The van der Waals surface area contributed by atoms with Gasteiger partial charge < -0.3 is 14.6 Å². The molecule has 0 saturated carbocycles. The molecule has 1 aromatic heterocycles. The third-order valence-corrected chi connectivity index (χ3v) is 3.76. The Labute approximate surface area is 142 Å². The zero-order chi connectivity index (χ0) is 17.4. The Balaban J connectivity index is 1.66. The number of nitrogens with one attached hydrogen (secondary N) is 1. The number of carbonyl (C=O) groups is 1. The van der Waals surface area contributed by atoms with Gasteiger partial charge in [-0.15, -0.1) is 0 Å². The molecule has 128 valence electrons. The molecule has 1 heterocycles. The van der Waals surface area contributed by atoms with Gasteiger partial charge in [0.15, 0.2) is 0 Å². The second-order valence-electron chi connectivity index (χ2n) is 6.07. The van der Waals surface area contributed by atoms with E-state index in [1.54, 1.807) is 23.9 Å². The molecule has 0 radical (unpaired) electrons. The van der Waals surface area contributed by atoms with E-state index >= 15 is 0 Å². The van der Waals surface area contributed by atoms with Gasteiger partial charge in [0.05, 0.1) is 6.54 Å². The smallest absolute Gasteiger partial charge is 0.320 e. The fourth-order valence-corrected chi connectivity index (χ4v) is 2.40. The summed E-state index contributed by atoms with van der Waals surface area (Å²) in [6.07, 6.45) is 2.57. The van der Waals surface area contributed by atoms with Crippen molar-refractivity contribution < 1.29 is 9.53 Å². The van der Waals surface area contributed by atoms with Crippen molar-refractivity contribution in [3.05, 3.63) is 70.1 Å². The van der Waals surface area contributed by atoms with Crippen molar-refractivity contribution >= 4 is 5.97 Å². The zero-order valence-electron chi connectivity index (χ0n) is 14.2. The predicted molar refractivity (Wildman–Crippen MR) is 93.7 cm³/mol. The SMILES string of the molecule is CC(CNCC(=O)OCc1ccccc1)Cc1ccn(C)c(=O)c1. The number of hydrogen-bond acceptors (Lipinski definition) is 4. The Bertz CT molecular complexity index is 710. The predicted octanol–water partition coefficient (Wildman–Crippen LogP) is 1.90. The minimum Gasteiger partial charge on any atom is -0.460 e. The number of benzene rings is 1. The first kappa shape index (κ1) is 17.9. The molecule has 0 spiro atoms. The van der Waals surface area contributed by atoms with Crippen molar-refractivity contribution in [2.75, 3.05) is 13.1 Å². The van der Waals surface area contributed by atoms with Gasteiger partial charge in [-0.3, -0.25) is 9.59 Å². The van der Waals surface area contributed by atoms with Gasteiger partial charge in [-0.25, -0.2) is 0 Å². The summed E-state index contributed by atoms with van der Waals surface area (Å²) >= 11 is 0. The highest BCUT2D eigenvalue weighted by Crippen LogP contribution is 2.05. The molecule has 1 aromatic carbocycles. The number of aryl methyl sites for hydroxylation is 1. The van der Waals surface area contributed by atoms with Crippen molar-refractivity contribution in [2.45, 2.75) is 20.0 Å². The van der Waals surface area contributed by atoms with Crippen LogP contribution in [-0.2, 0) is 29.6 Å². The third kappa shape index (κ3) is 6.01. The van der Waals surface area contributed by atoms with Gasteiger partial charge in [0.25, 0.3) is 5.56 Å². The summed E-state index contributed by atoms with van der Waals surface area (Å²) in [5.74, 6) is 0.0543. The molecule has 1 atom stereocenters. The first-order valence-electron chi connectivity index (χ1n) is 8.10. The maximum Gasteiger partial charge on any atom is 0.320 e. The summed E-state index contributed by atoms with van der Waals surface area (Å²) in [7, 11) is 1.73. The van der Waals surface area contributed by atoms with E-state index in [0.29, 0.717) is 19.1 Å². The number of esters is 1. The highest BCUT2D eigenvalue weighted by Gasteiger charge is 2.07. The van der Waals surface area contributed by atoms with Gasteiger partial charge in [-0.1, -0.05) is 37.3 Å². The van der Waals surface area contributed by atoms with E-state index in [9.17, 15) is 9.59 Å². The fourth-order valence-electron chi connectivity index (χ4n) is 2.40. The Morgan fingerprint density at radius 3 is 2.67 bits per heavy atom. The first-order chi connectivity index (χ1) is 11.5. The summed E-state index contributed by atoms with van der Waals surface area (Å²) in [4.78, 5) is 23.3. The van der Waals surface area contributed by atoms with Crippen LogP contribution in [0.3, 0.4) is 0 Å². The number of pyridine rings is 1. The lowest BCUT2D eigenvalue weighted by atomic mass is 10.0. The molecule has 24 heavy (non-hydrogen) atoms. The van der Waals surface area contributed by atoms with E-state index in [-0.39, 0.29) is 18.1 Å². The molecular formula is C19H24N2O3. The highest BCUT2D eigenvalue weighted by molar-refractivity contribution is 5.71. The van der Waals surface area contributed by atoms with Crippen LogP contribution in [0.1, 0.15) is 18.1 Å². The summed E-state index contributed by atoms with van der Waals surface area (Å²) in [6, 6.07) is 13.2.